The van der Waals surface area contributed by atoms with Crippen LogP contribution in [0.5, 0.6) is 0 Å². The Kier molecular flexibility index (Phi) is 3.26. The Hall–Kier alpha value is -2.16. The van der Waals surface area contributed by atoms with Gasteiger partial charge < -0.3 is 5.32 Å². The Morgan fingerprint density at radius 3 is 2.60 bits per heavy atom. The van der Waals surface area contributed by atoms with E-state index >= 15 is 0 Å². The third kappa shape index (κ3) is 2.44. The summed E-state index contributed by atoms with van der Waals surface area (Å²) in [5, 5.41) is 3.03. The molecule has 1 aliphatic rings. The van der Waals surface area contributed by atoms with Gasteiger partial charge in [-0.1, -0.05) is 18.2 Å². The van der Waals surface area contributed by atoms with Gasteiger partial charge in [0.15, 0.2) is 0 Å². The Labute approximate surface area is 117 Å². The summed E-state index contributed by atoms with van der Waals surface area (Å²) in [6, 6.07) is 12.0. The number of benzene rings is 2. The van der Waals surface area contributed by atoms with Gasteiger partial charge in [0, 0.05) is 11.6 Å². The van der Waals surface area contributed by atoms with Crippen molar-refractivity contribution in [1.29, 1.82) is 0 Å². The smallest absolute Gasteiger partial charge is 0.251 e. The molecule has 0 aromatic heterocycles. The summed E-state index contributed by atoms with van der Waals surface area (Å²) < 4.78 is 12.8. The van der Waals surface area contributed by atoms with Crippen molar-refractivity contribution in [2.45, 2.75) is 25.8 Å². The minimum atomic E-state index is -0.328. The first-order valence-corrected chi connectivity index (χ1v) is 6.77. The highest BCUT2D eigenvalue weighted by Crippen LogP contribution is 2.25. The average molecular weight is 269 g/mol. The van der Waals surface area contributed by atoms with E-state index in [-0.39, 0.29) is 17.8 Å². The molecular weight excluding hydrogens is 253 g/mol. The number of rotatable bonds is 2. The summed E-state index contributed by atoms with van der Waals surface area (Å²) in [7, 11) is 0. The highest BCUT2D eigenvalue weighted by molar-refractivity contribution is 5.94. The Bertz CT molecular complexity index is 649. The van der Waals surface area contributed by atoms with Crippen LogP contribution in [0, 0.1) is 12.7 Å². The molecule has 0 heterocycles. The summed E-state index contributed by atoms with van der Waals surface area (Å²) in [6.07, 6.45) is 1.74. The number of hydrogen-bond donors (Lipinski definition) is 1. The van der Waals surface area contributed by atoms with Crippen LogP contribution < -0.4 is 5.32 Å². The highest BCUT2D eigenvalue weighted by Gasteiger charge is 2.24. The van der Waals surface area contributed by atoms with Gasteiger partial charge in [-0.25, -0.2) is 4.39 Å². The van der Waals surface area contributed by atoms with Gasteiger partial charge in [-0.05, 0) is 60.7 Å². The molecule has 20 heavy (non-hydrogen) atoms. The van der Waals surface area contributed by atoms with E-state index in [1.54, 1.807) is 0 Å². The van der Waals surface area contributed by atoms with Crippen molar-refractivity contribution in [3.63, 3.8) is 0 Å². The number of hydrogen-bond acceptors (Lipinski definition) is 1. The molecule has 0 saturated heterocycles. The zero-order chi connectivity index (χ0) is 14.1. The van der Waals surface area contributed by atoms with Gasteiger partial charge in [0.05, 0.1) is 0 Å². The molecule has 2 aromatic rings. The minimum Gasteiger partial charge on any atom is -0.349 e. The fraction of sp³-hybridized carbons (Fsp3) is 0.235. The van der Waals surface area contributed by atoms with Gasteiger partial charge in [0.1, 0.15) is 5.82 Å². The van der Waals surface area contributed by atoms with Gasteiger partial charge in [-0.2, -0.15) is 0 Å². The largest absolute Gasteiger partial charge is 0.349 e. The minimum absolute atomic E-state index is 0.128. The predicted molar refractivity (Wildman–Crippen MR) is 76.2 cm³/mol. The molecule has 1 amide bonds. The zero-order valence-electron chi connectivity index (χ0n) is 11.3. The molecule has 3 rings (SSSR count). The fourth-order valence-corrected chi connectivity index (χ4v) is 2.80. The van der Waals surface area contributed by atoms with E-state index in [4.69, 9.17) is 0 Å². The number of amides is 1. The third-order valence-corrected chi connectivity index (χ3v) is 3.87. The van der Waals surface area contributed by atoms with Crippen molar-refractivity contribution in [3.05, 3.63) is 70.5 Å². The fourth-order valence-electron chi connectivity index (χ4n) is 2.80. The van der Waals surface area contributed by atoms with Crippen LogP contribution in [0.15, 0.2) is 42.5 Å². The number of halogens is 1. The number of nitrogens with one attached hydrogen (secondary N) is 1. The molecule has 0 fully saturated rings. The topological polar surface area (TPSA) is 29.1 Å². The van der Waals surface area contributed by atoms with Gasteiger partial charge >= 0.3 is 0 Å². The molecule has 1 atom stereocenters. The van der Waals surface area contributed by atoms with Gasteiger partial charge in [0.25, 0.3) is 5.91 Å². The van der Waals surface area contributed by atoms with Crippen molar-refractivity contribution in [1.82, 2.24) is 5.32 Å². The first-order valence-electron chi connectivity index (χ1n) is 6.77. The Morgan fingerprint density at radius 1 is 1.15 bits per heavy atom. The van der Waals surface area contributed by atoms with E-state index in [1.165, 1.54) is 41.0 Å². The first kappa shape index (κ1) is 12.9. The van der Waals surface area contributed by atoms with Crippen LogP contribution in [0.2, 0.25) is 0 Å². The lowest BCUT2D eigenvalue weighted by Crippen LogP contribution is -2.35. The van der Waals surface area contributed by atoms with E-state index < -0.39 is 0 Å². The highest BCUT2D eigenvalue weighted by atomic mass is 19.1. The summed E-state index contributed by atoms with van der Waals surface area (Å²) in [6.45, 7) is 2.10. The van der Waals surface area contributed by atoms with Crippen LogP contribution in [0.3, 0.4) is 0 Å². The van der Waals surface area contributed by atoms with Crippen LogP contribution in [-0.4, -0.2) is 11.9 Å². The second-order valence-corrected chi connectivity index (χ2v) is 5.30. The van der Waals surface area contributed by atoms with Crippen LogP contribution >= 0.6 is 0 Å². The molecule has 0 aliphatic heterocycles. The van der Waals surface area contributed by atoms with Crippen molar-refractivity contribution >= 4 is 5.91 Å². The van der Waals surface area contributed by atoms with Crippen molar-refractivity contribution in [2.75, 3.05) is 0 Å². The monoisotopic (exact) mass is 269 g/mol. The van der Waals surface area contributed by atoms with Gasteiger partial charge in [-0.3, -0.25) is 4.79 Å². The van der Waals surface area contributed by atoms with Crippen molar-refractivity contribution in [2.24, 2.45) is 0 Å². The number of carbonyl (C=O) groups excluding carboxylic acids is 1. The molecule has 0 saturated carbocycles. The van der Waals surface area contributed by atoms with Crippen LogP contribution in [0.25, 0.3) is 0 Å². The molecule has 2 aromatic carbocycles. The lowest BCUT2D eigenvalue weighted by Gasteiger charge is -2.12. The molecule has 102 valence electrons. The lowest BCUT2D eigenvalue weighted by atomic mass is 10.1. The van der Waals surface area contributed by atoms with E-state index in [1.807, 2.05) is 0 Å². The average Bonchev–Trinajstić information content (AvgIpc) is 2.83. The number of carbonyl (C=O) groups is 1. The first-order chi connectivity index (χ1) is 9.63. The molecule has 1 unspecified atom stereocenters. The number of aryl methyl sites for hydroxylation is 1. The second-order valence-electron chi connectivity index (χ2n) is 5.30. The van der Waals surface area contributed by atoms with Crippen LogP contribution in [0.4, 0.5) is 4.39 Å². The molecule has 0 spiro atoms. The normalized spacial score (nSPS) is 16.8. The molecule has 0 bridgehead atoms. The van der Waals surface area contributed by atoms with Gasteiger partial charge in [-0.15, -0.1) is 0 Å². The summed E-state index contributed by atoms with van der Waals surface area (Å²) in [4.78, 5) is 12.1. The van der Waals surface area contributed by atoms with E-state index in [0.29, 0.717) is 5.56 Å². The van der Waals surface area contributed by atoms with Gasteiger partial charge in [0.2, 0.25) is 0 Å². The lowest BCUT2D eigenvalue weighted by molar-refractivity contribution is 0.0938. The van der Waals surface area contributed by atoms with Crippen LogP contribution in [-0.2, 0) is 12.8 Å². The van der Waals surface area contributed by atoms with E-state index in [0.717, 1.165) is 12.8 Å². The Morgan fingerprint density at radius 2 is 1.90 bits per heavy atom. The Balaban J connectivity index is 1.70. The maximum Gasteiger partial charge on any atom is 0.251 e. The molecule has 1 aliphatic carbocycles. The predicted octanol–water partition coefficient (Wildman–Crippen LogP) is 3.03. The zero-order valence-corrected chi connectivity index (χ0v) is 11.3. The molecule has 3 heteroatoms. The second kappa shape index (κ2) is 5.08. The standard InChI is InChI=1S/C17H16FNO/c1-11-3-2-4-13-9-15(10-16(11)13)19-17(20)12-5-7-14(18)8-6-12/h2-8,15H,9-10H2,1H3,(H,19,20). The van der Waals surface area contributed by atoms with Crippen molar-refractivity contribution in [3.8, 4) is 0 Å². The summed E-state index contributed by atoms with van der Waals surface area (Å²) in [5.41, 5.74) is 4.44. The van der Waals surface area contributed by atoms with E-state index in [9.17, 15) is 9.18 Å². The maximum atomic E-state index is 12.8. The maximum absolute atomic E-state index is 12.8. The third-order valence-electron chi connectivity index (χ3n) is 3.87. The quantitative estimate of drug-likeness (QED) is 0.892. The molecule has 1 N–H and O–H groups in total. The summed E-state index contributed by atoms with van der Waals surface area (Å²) >= 11 is 0. The number of fused-ring (bicyclic) bond motifs is 1. The summed E-state index contributed by atoms with van der Waals surface area (Å²) in [5.74, 6) is -0.467. The van der Waals surface area contributed by atoms with Crippen molar-refractivity contribution < 1.29 is 9.18 Å². The van der Waals surface area contributed by atoms with Crippen LogP contribution in [0.1, 0.15) is 27.0 Å². The molecule has 2 nitrogen and oxygen atoms in total. The SMILES string of the molecule is Cc1cccc2c1CC(NC(=O)c1ccc(F)cc1)C2. The molecular formula is C17H16FNO. The van der Waals surface area contributed by atoms with E-state index in [2.05, 4.69) is 30.4 Å². The molecule has 0 radical (unpaired) electrons.